The van der Waals surface area contributed by atoms with E-state index in [-0.39, 0.29) is 5.91 Å². The van der Waals surface area contributed by atoms with E-state index in [4.69, 9.17) is 11.6 Å². The molecule has 0 bridgehead atoms. The Kier molecular flexibility index (Phi) is 2.29. The Balaban J connectivity index is 2.05. The number of carbonyl (C=O) groups is 1. The van der Waals surface area contributed by atoms with Crippen molar-refractivity contribution in [3.05, 3.63) is 34.7 Å². The molecule has 17 heavy (non-hydrogen) atoms. The van der Waals surface area contributed by atoms with Crippen molar-refractivity contribution in [3.8, 4) is 5.82 Å². The van der Waals surface area contributed by atoms with Crippen LogP contribution < -0.4 is 5.32 Å². The zero-order chi connectivity index (χ0) is 11.8. The first-order valence-electron chi connectivity index (χ1n) is 5.10. The molecule has 86 valence electrons. The average molecular weight is 250 g/mol. The van der Waals surface area contributed by atoms with Crippen molar-refractivity contribution in [3.63, 3.8) is 0 Å². The highest BCUT2D eigenvalue weighted by Crippen LogP contribution is 2.14. The lowest BCUT2D eigenvalue weighted by Crippen LogP contribution is -2.31. The number of amides is 1. The lowest BCUT2D eigenvalue weighted by atomic mass is 10.1. The van der Waals surface area contributed by atoms with Gasteiger partial charge in [-0.15, -0.1) is 10.2 Å². The summed E-state index contributed by atoms with van der Waals surface area (Å²) >= 11 is 5.66. The largest absolute Gasteiger partial charge is 0.352 e. The fourth-order valence-corrected chi connectivity index (χ4v) is 1.82. The minimum absolute atomic E-state index is 0.0978. The number of fused-ring (bicyclic) bond motifs is 1. The summed E-state index contributed by atoms with van der Waals surface area (Å²) in [5.41, 5.74) is 1.37. The van der Waals surface area contributed by atoms with Crippen molar-refractivity contribution >= 4 is 17.5 Å². The highest BCUT2D eigenvalue weighted by Gasteiger charge is 2.21. The molecule has 0 aliphatic carbocycles. The number of aromatic nitrogens is 4. The first-order chi connectivity index (χ1) is 8.24. The molecule has 0 atom stereocenters. The van der Waals surface area contributed by atoms with Crippen LogP contribution in [0.4, 0.5) is 0 Å². The third-order valence-corrected chi connectivity index (χ3v) is 2.74. The number of nitrogens with zero attached hydrogens (tertiary/aromatic N) is 4. The van der Waals surface area contributed by atoms with Crippen LogP contribution in [0.15, 0.2) is 18.3 Å². The van der Waals surface area contributed by atoms with Crippen molar-refractivity contribution in [1.82, 2.24) is 25.3 Å². The van der Waals surface area contributed by atoms with Crippen LogP contribution in [0.25, 0.3) is 5.82 Å². The molecule has 7 heteroatoms. The van der Waals surface area contributed by atoms with E-state index in [0.29, 0.717) is 23.1 Å². The Hall–Kier alpha value is -1.95. The molecule has 1 amide bonds. The molecule has 1 N–H and O–H groups in total. The van der Waals surface area contributed by atoms with Gasteiger partial charge in [-0.3, -0.25) is 4.79 Å². The van der Waals surface area contributed by atoms with Crippen LogP contribution in [0.2, 0.25) is 5.15 Å². The van der Waals surface area contributed by atoms with E-state index in [1.54, 1.807) is 23.0 Å². The summed E-state index contributed by atoms with van der Waals surface area (Å²) in [5, 5.41) is 15.0. The zero-order valence-corrected chi connectivity index (χ0v) is 9.48. The fraction of sp³-hybridized carbons (Fsp3) is 0.200. The molecule has 3 heterocycles. The van der Waals surface area contributed by atoms with Crippen LogP contribution in [0.3, 0.4) is 0 Å². The summed E-state index contributed by atoms with van der Waals surface area (Å²) in [4.78, 5) is 11.6. The van der Waals surface area contributed by atoms with E-state index in [2.05, 4.69) is 20.6 Å². The van der Waals surface area contributed by atoms with Gasteiger partial charge in [0.25, 0.3) is 5.91 Å². The average Bonchev–Trinajstić information content (AvgIpc) is 2.75. The van der Waals surface area contributed by atoms with Gasteiger partial charge < -0.3 is 5.32 Å². The van der Waals surface area contributed by atoms with Crippen LogP contribution in [0.5, 0.6) is 0 Å². The van der Waals surface area contributed by atoms with Gasteiger partial charge in [0.2, 0.25) is 0 Å². The predicted octanol–water partition coefficient (Wildman–Crippen LogP) is 0.602. The second-order valence-corrected chi connectivity index (χ2v) is 4.04. The lowest BCUT2D eigenvalue weighted by molar-refractivity contribution is 0.0946. The third kappa shape index (κ3) is 1.76. The van der Waals surface area contributed by atoms with Crippen LogP contribution in [0, 0.1) is 0 Å². The lowest BCUT2D eigenvalue weighted by Gasteiger charge is -2.09. The van der Waals surface area contributed by atoms with E-state index < -0.39 is 0 Å². The molecule has 2 aromatic heterocycles. The number of rotatable bonds is 1. The minimum Gasteiger partial charge on any atom is -0.352 e. The second kappa shape index (κ2) is 3.81. The van der Waals surface area contributed by atoms with Crippen molar-refractivity contribution in [2.75, 3.05) is 6.54 Å². The molecular weight excluding hydrogens is 242 g/mol. The number of halogens is 1. The zero-order valence-electron chi connectivity index (χ0n) is 8.72. The molecule has 6 nitrogen and oxygen atoms in total. The maximum Gasteiger partial charge on any atom is 0.254 e. The van der Waals surface area contributed by atoms with E-state index in [0.717, 1.165) is 12.1 Å². The Morgan fingerprint density at radius 2 is 2.24 bits per heavy atom. The SMILES string of the molecule is O=C1NCCc2nn(-c3ccc(Cl)nn3)cc21. The first-order valence-corrected chi connectivity index (χ1v) is 5.48. The normalized spacial score (nSPS) is 14.3. The van der Waals surface area contributed by atoms with Crippen LogP contribution in [0.1, 0.15) is 16.1 Å². The topological polar surface area (TPSA) is 72.7 Å². The van der Waals surface area contributed by atoms with Gasteiger partial charge >= 0.3 is 0 Å². The molecule has 0 spiro atoms. The molecule has 0 aromatic carbocycles. The molecule has 3 rings (SSSR count). The van der Waals surface area contributed by atoms with Crippen molar-refractivity contribution in [2.24, 2.45) is 0 Å². The Morgan fingerprint density at radius 3 is 2.94 bits per heavy atom. The van der Waals surface area contributed by atoms with Crippen LogP contribution >= 0.6 is 11.6 Å². The van der Waals surface area contributed by atoms with Gasteiger partial charge in [0.1, 0.15) is 0 Å². The van der Waals surface area contributed by atoms with Gasteiger partial charge in [-0.2, -0.15) is 5.10 Å². The van der Waals surface area contributed by atoms with E-state index in [1.807, 2.05) is 0 Å². The molecule has 2 aromatic rings. The van der Waals surface area contributed by atoms with Gasteiger partial charge in [0.15, 0.2) is 11.0 Å². The van der Waals surface area contributed by atoms with E-state index in [1.165, 1.54) is 0 Å². The number of carbonyl (C=O) groups excluding carboxylic acids is 1. The van der Waals surface area contributed by atoms with Crippen molar-refractivity contribution in [2.45, 2.75) is 6.42 Å². The minimum atomic E-state index is -0.0978. The molecule has 1 aliphatic rings. The highest BCUT2D eigenvalue weighted by molar-refractivity contribution is 6.29. The third-order valence-electron chi connectivity index (χ3n) is 2.54. The van der Waals surface area contributed by atoms with Gasteiger partial charge in [-0.1, -0.05) is 11.6 Å². The Labute approximate surface area is 102 Å². The summed E-state index contributed by atoms with van der Waals surface area (Å²) in [6.45, 7) is 0.620. The van der Waals surface area contributed by atoms with Crippen molar-refractivity contribution in [1.29, 1.82) is 0 Å². The highest BCUT2D eigenvalue weighted by atomic mass is 35.5. The van der Waals surface area contributed by atoms with Gasteiger partial charge in [0.05, 0.1) is 11.3 Å². The molecule has 1 aliphatic heterocycles. The summed E-state index contributed by atoms with van der Waals surface area (Å²) in [6.07, 6.45) is 2.39. The molecule has 0 saturated heterocycles. The molecule has 0 unspecified atom stereocenters. The van der Waals surface area contributed by atoms with E-state index >= 15 is 0 Å². The molecular formula is C10H8ClN5O. The first kappa shape index (κ1) is 10.2. The van der Waals surface area contributed by atoms with Crippen LogP contribution in [-0.4, -0.2) is 32.4 Å². The maximum absolute atomic E-state index is 11.6. The van der Waals surface area contributed by atoms with Gasteiger partial charge in [0, 0.05) is 19.2 Å². The summed E-state index contributed by atoms with van der Waals surface area (Å²) in [7, 11) is 0. The van der Waals surface area contributed by atoms with E-state index in [9.17, 15) is 4.79 Å². The van der Waals surface area contributed by atoms with Gasteiger partial charge in [-0.05, 0) is 12.1 Å². The second-order valence-electron chi connectivity index (χ2n) is 3.65. The number of hydrogen-bond acceptors (Lipinski definition) is 4. The molecule has 0 radical (unpaired) electrons. The number of nitrogens with one attached hydrogen (secondary N) is 1. The van der Waals surface area contributed by atoms with Crippen molar-refractivity contribution < 1.29 is 4.79 Å². The number of hydrogen-bond donors (Lipinski definition) is 1. The monoisotopic (exact) mass is 249 g/mol. The Morgan fingerprint density at radius 1 is 1.35 bits per heavy atom. The Bertz CT molecular complexity index is 577. The summed E-state index contributed by atoms with van der Waals surface area (Å²) in [6, 6.07) is 3.33. The molecule has 0 saturated carbocycles. The molecule has 0 fully saturated rings. The van der Waals surface area contributed by atoms with Gasteiger partial charge in [-0.25, -0.2) is 4.68 Å². The van der Waals surface area contributed by atoms with Crippen LogP contribution in [-0.2, 0) is 6.42 Å². The standard InChI is InChI=1S/C10H8ClN5O/c11-8-1-2-9(14-13-8)16-5-6-7(15-16)3-4-12-10(6)17/h1-2,5H,3-4H2,(H,12,17). The summed E-state index contributed by atoms with van der Waals surface area (Å²) in [5.74, 6) is 0.441. The fourth-order valence-electron chi connectivity index (χ4n) is 1.72. The predicted molar refractivity (Wildman–Crippen MR) is 60.2 cm³/mol. The quantitative estimate of drug-likeness (QED) is 0.803. The maximum atomic E-state index is 11.6. The summed E-state index contributed by atoms with van der Waals surface area (Å²) < 4.78 is 1.54. The smallest absolute Gasteiger partial charge is 0.254 e.